The highest BCUT2D eigenvalue weighted by Crippen LogP contribution is 2.24. The van der Waals surface area contributed by atoms with E-state index in [1.807, 2.05) is 36.5 Å². The summed E-state index contributed by atoms with van der Waals surface area (Å²) in [6.45, 7) is 5.07. The quantitative estimate of drug-likeness (QED) is 0.827. The molecular formula is C18H23N3OS. The first kappa shape index (κ1) is 16.0. The predicted octanol–water partition coefficient (Wildman–Crippen LogP) is 3.42. The van der Waals surface area contributed by atoms with Gasteiger partial charge in [0, 0.05) is 35.8 Å². The molecule has 1 aromatic carbocycles. The summed E-state index contributed by atoms with van der Waals surface area (Å²) in [7, 11) is 0. The number of aryl methyl sites for hydroxylation is 1. The van der Waals surface area contributed by atoms with Gasteiger partial charge in [0.1, 0.15) is 0 Å². The van der Waals surface area contributed by atoms with Crippen LogP contribution in [-0.4, -0.2) is 23.9 Å². The topological polar surface area (TPSA) is 58.4 Å². The fourth-order valence-corrected chi connectivity index (χ4v) is 3.84. The number of carbonyl (C=O) groups excluding carboxylic acids is 1. The van der Waals surface area contributed by atoms with Crippen molar-refractivity contribution < 1.29 is 4.79 Å². The van der Waals surface area contributed by atoms with Crippen LogP contribution in [0.2, 0.25) is 0 Å². The van der Waals surface area contributed by atoms with E-state index < -0.39 is 0 Å². The molecule has 1 aliphatic rings. The molecule has 23 heavy (non-hydrogen) atoms. The van der Waals surface area contributed by atoms with Crippen LogP contribution in [-0.2, 0) is 17.8 Å². The summed E-state index contributed by atoms with van der Waals surface area (Å²) in [5, 5.41) is 5.14. The number of fused-ring (bicyclic) bond motifs is 1. The molecular weight excluding hydrogens is 306 g/mol. The summed E-state index contributed by atoms with van der Waals surface area (Å²) >= 11 is 1.86. The van der Waals surface area contributed by atoms with Crippen LogP contribution in [0.25, 0.3) is 0 Å². The molecule has 0 unspecified atom stereocenters. The molecule has 5 heteroatoms. The standard InChI is InChI=1S/C18H23N3OS/c1-13-4-5-15(19)11-16(13)20-18(22)3-2-8-21-9-6-17-14(12-21)7-10-23-17/h4-5,7,10-11H,2-3,6,8-9,12,19H2,1H3,(H,20,22). The summed E-state index contributed by atoms with van der Waals surface area (Å²) in [6.07, 6.45) is 2.57. The highest BCUT2D eigenvalue weighted by Gasteiger charge is 2.17. The Morgan fingerprint density at radius 3 is 3.13 bits per heavy atom. The number of hydrogen-bond donors (Lipinski definition) is 2. The predicted molar refractivity (Wildman–Crippen MR) is 96.8 cm³/mol. The Labute approximate surface area is 141 Å². The molecule has 2 aromatic rings. The number of rotatable bonds is 5. The van der Waals surface area contributed by atoms with Gasteiger partial charge in [0.15, 0.2) is 0 Å². The minimum absolute atomic E-state index is 0.0620. The lowest BCUT2D eigenvalue weighted by Crippen LogP contribution is -2.31. The van der Waals surface area contributed by atoms with Gasteiger partial charge in [-0.15, -0.1) is 11.3 Å². The van der Waals surface area contributed by atoms with Gasteiger partial charge < -0.3 is 11.1 Å². The first-order chi connectivity index (χ1) is 11.1. The van der Waals surface area contributed by atoms with Crippen molar-refractivity contribution in [2.45, 2.75) is 32.7 Å². The van der Waals surface area contributed by atoms with E-state index >= 15 is 0 Å². The van der Waals surface area contributed by atoms with E-state index in [9.17, 15) is 4.79 Å². The second kappa shape index (κ2) is 7.15. The maximum absolute atomic E-state index is 12.1. The van der Waals surface area contributed by atoms with Crippen molar-refractivity contribution in [1.29, 1.82) is 0 Å². The summed E-state index contributed by atoms with van der Waals surface area (Å²) in [5.41, 5.74) is 9.76. The van der Waals surface area contributed by atoms with Crippen LogP contribution in [0.1, 0.15) is 28.8 Å². The zero-order chi connectivity index (χ0) is 16.2. The molecule has 0 fully saturated rings. The summed E-state index contributed by atoms with van der Waals surface area (Å²) in [6, 6.07) is 7.81. The molecule has 122 valence electrons. The number of thiophene rings is 1. The number of nitrogens with two attached hydrogens (primary N) is 1. The molecule has 0 atom stereocenters. The molecule has 2 heterocycles. The van der Waals surface area contributed by atoms with Crippen LogP contribution in [0.4, 0.5) is 11.4 Å². The molecule has 0 saturated heterocycles. The lowest BCUT2D eigenvalue weighted by atomic mass is 10.1. The Morgan fingerprint density at radius 2 is 2.26 bits per heavy atom. The lowest BCUT2D eigenvalue weighted by Gasteiger charge is -2.26. The fourth-order valence-electron chi connectivity index (χ4n) is 2.95. The van der Waals surface area contributed by atoms with E-state index in [1.165, 1.54) is 10.4 Å². The first-order valence-corrected chi connectivity index (χ1v) is 8.93. The smallest absolute Gasteiger partial charge is 0.224 e. The van der Waals surface area contributed by atoms with Crippen LogP contribution in [0.5, 0.6) is 0 Å². The van der Waals surface area contributed by atoms with Crippen LogP contribution in [0.15, 0.2) is 29.6 Å². The summed E-state index contributed by atoms with van der Waals surface area (Å²) in [4.78, 5) is 16.1. The number of amides is 1. The highest BCUT2D eigenvalue weighted by atomic mass is 32.1. The molecule has 3 rings (SSSR count). The van der Waals surface area contributed by atoms with E-state index in [2.05, 4.69) is 21.7 Å². The average Bonchev–Trinajstić information content (AvgIpc) is 2.98. The maximum atomic E-state index is 12.1. The van der Waals surface area contributed by atoms with E-state index in [0.717, 1.165) is 43.7 Å². The Balaban J connectivity index is 1.44. The van der Waals surface area contributed by atoms with Gasteiger partial charge in [0.25, 0.3) is 0 Å². The van der Waals surface area contributed by atoms with E-state index in [-0.39, 0.29) is 5.91 Å². The van der Waals surface area contributed by atoms with Gasteiger partial charge in [0.05, 0.1) is 0 Å². The maximum Gasteiger partial charge on any atom is 0.224 e. The molecule has 1 aromatic heterocycles. The zero-order valence-corrected chi connectivity index (χ0v) is 14.3. The van der Waals surface area contributed by atoms with Crippen LogP contribution >= 0.6 is 11.3 Å². The van der Waals surface area contributed by atoms with E-state index in [1.54, 1.807) is 0 Å². The molecule has 1 aliphatic heterocycles. The van der Waals surface area contributed by atoms with Crippen LogP contribution < -0.4 is 11.1 Å². The Hall–Kier alpha value is -1.85. The third-order valence-corrected chi connectivity index (χ3v) is 5.32. The van der Waals surface area contributed by atoms with Crippen molar-refractivity contribution in [3.63, 3.8) is 0 Å². The van der Waals surface area contributed by atoms with Crippen molar-refractivity contribution in [2.75, 3.05) is 24.1 Å². The van der Waals surface area contributed by atoms with Gasteiger partial charge >= 0.3 is 0 Å². The van der Waals surface area contributed by atoms with Crippen LogP contribution in [0.3, 0.4) is 0 Å². The fraction of sp³-hybridized carbons (Fsp3) is 0.389. The van der Waals surface area contributed by atoms with Gasteiger partial charge in [-0.05, 0) is 61.0 Å². The van der Waals surface area contributed by atoms with Gasteiger partial charge in [0.2, 0.25) is 5.91 Å². The summed E-state index contributed by atoms with van der Waals surface area (Å²) < 4.78 is 0. The number of nitrogen functional groups attached to an aromatic ring is 1. The highest BCUT2D eigenvalue weighted by molar-refractivity contribution is 7.10. The summed E-state index contributed by atoms with van der Waals surface area (Å²) in [5.74, 6) is 0.0620. The first-order valence-electron chi connectivity index (χ1n) is 8.05. The minimum atomic E-state index is 0.0620. The normalized spacial score (nSPS) is 14.5. The largest absolute Gasteiger partial charge is 0.399 e. The van der Waals surface area contributed by atoms with Crippen molar-refractivity contribution in [3.8, 4) is 0 Å². The zero-order valence-electron chi connectivity index (χ0n) is 13.5. The molecule has 3 N–H and O–H groups in total. The van der Waals surface area contributed by atoms with Crippen molar-refractivity contribution in [3.05, 3.63) is 45.6 Å². The van der Waals surface area contributed by atoms with Gasteiger partial charge in [-0.3, -0.25) is 9.69 Å². The third kappa shape index (κ3) is 4.12. The number of carbonyl (C=O) groups is 1. The number of hydrogen-bond acceptors (Lipinski definition) is 4. The molecule has 0 saturated carbocycles. The van der Waals surface area contributed by atoms with Crippen molar-refractivity contribution in [2.24, 2.45) is 0 Å². The third-order valence-electron chi connectivity index (χ3n) is 4.30. The van der Waals surface area contributed by atoms with Crippen LogP contribution in [0, 0.1) is 6.92 Å². The van der Waals surface area contributed by atoms with E-state index in [4.69, 9.17) is 5.73 Å². The Morgan fingerprint density at radius 1 is 1.39 bits per heavy atom. The molecule has 4 nitrogen and oxygen atoms in total. The monoisotopic (exact) mass is 329 g/mol. The Bertz CT molecular complexity index is 695. The average molecular weight is 329 g/mol. The second-order valence-corrected chi connectivity index (χ2v) is 7.12. The van der Waals surface area contributed by atoms with Crippen molar-refractivity contribution in [1.82, 2.24) is 4.90 Å². The number of benzene rings is 1. The van der Waals surface area contributed by atoms with Gasteiger partial charge in [-0.2, -0.15) is 0 Å². The Kier molecular flexibility index (Phi) is 4.98. The molecule has 0 aliphatic carbocycles. The molecule has 0 spiro atoms. The number of nitrogens with one attached hydrogen (secondary N) is 1. The second-order valence-electron chi connectivity index (χ2n) is 6.12. The molecule has 1 amide bonds. The lowest BCUT2D eigenvalue weighted by molar-refractivity contribution is -0.116. The van der Waals surface area contributed by atoms with Gasteiger partial charge in [-0.1, -0.05) is 6.07 Å². The van der Waals surface area contributed by atoms with E-state index in [0.29, 0.717) is 12.1 Å². The minimum Gasteiger partial charge on any atom is -0.399 e. The number of nitrogens with zero attached hydrogens (tertiary/aromatic N) is 1. The SMILES string of the molecule is Cc1ccc(N)cc1NC(=O)CCCN1CCc2sccc2C1. The van der Waals surface area contributed by atoms with Gasteiger partial charge in [-0.25, -0.2) is 0 Å². The molecule has 0 radical (unpaired) electrons. The molecule has 0 bridgehead atoms. The number of anilines is 2. The van der Waals surface area contributed by atoms with Crippen molar-refractivity contribution >= 4 is 28.6 Å².